The molecule has 2 aromatic rings. The molecule has 2 aliphatic heterocycles. The smallest absolute Gasteiger partial charge is 0.312 e. The Kier molecular flexibility index (Phi) is 6.01. The number of amides is 3. The second-order valence-electron chi connectivity index (χ2n) is 7.54. The standard InChI is InChI=1S/C21H24FN3O4S/c1-29-13-14-17-15(22)5-4-6-16(17)30-18(14)19(26)24-9-11-25(12-10-24)21(28)20(27)23-7-2-3-8-23/h4-6H,2-3,7-13H2,1H3. The van der Waals surface area contributed by atoms with Crippen LogP contribution in [-0.2, 0) is 20.9 Å². The minimum atomic E-state index is -0.493. The van der Waals surface area contributed by atoms with Crippen molar-refractivity contribution in [3.8, 4) is 0 Å². The van der Waals surface area contributed by atoms with Gasteiger partial charge in [-0.2, -0.15) is 0 Å². The maximum absolute atomic E-state index is 14.4. The first-order chi connectivity index (χ1) is 14.5. The predicted molar refractivity (Wildman–Crippen MR) is 111 cm³/mol. The van der Waals surface area contributed by atoms with Gasteiger partial charge in [-0.3, -0.25) is 14.4 Å². The molecule has 1 aromatic carbocycles. The molecule has 0 bridgehead atoms. The van der Waals surface area contributed by atoms with Crippen LogP contribution in [0, 0.1) is 5.82 Å². The van der Waals surface area contributed by atoms with Gasteiger partial charge in [0.05, 0.1) is 11.5 Å². The second kappa shape index (κ2) is 8.69. The van der Waals surface area contributed by atoms with Crippen molar-refractivity contribution in [2.45, 2.75) is 19.4 Å². The van der Waals surface area contributed by atoms with Crippen LogP contribution >= 0.6 is 11.3 Å². The van der Waals surface area contributed by atoms with Crippen molar-refractivity contribution in [1.82, 2.24) is 14.7 Å². The molecule has 0 radical (unpaired) electrons. The zero-order valence-corrected chi connectivity index (χ0v) is 17.7. The van der Waals surface area contributed by atoms with E-state index < -0.39 is 11.8 Å². The highest BCUT2D eigenvalue weighted by atomic mass is 32.1. The lowest BCUT2D eigenvalue weighted by molar-refractivity contribution is -0.152. The van der Waals surface area contributed by atoms with Gasteiger partial charge in [-0.05, 0) is 25.0 Å². The highest BCUT2D eigenvalue weighted by Crippen LogP contribution is 2.34. The summed E-state index contributed by atoms with van der Waals surface area (Å²) in [5, 5.41) is 0.428. The lowest BCUT2D eigenvalue weighted by Crippen LogP contribution is -2.54. The number of fused-ring (bicyclic) bond motifs is 1. The molecule has 1 aromatic heterocycles. The SMILES string of the molecule is COCc1c(C(=O)N2CCN(C(=O)C(=O)N3CCCC3)CC2)sc2cccc(F)c12. The van der Waals surface area contributed by atoms with Gasteiger partial charge < -0.3 is 19.4 Å². The molecule has 30 heavy (non-hydrogen) atoms. The van der Waals surface area contributed by atoms with E-state index >= 15 is 0 Å². The molecule has 2 aliphatic rings. The molecule has 9 heteroatoms. The van der Waals surface area contributed by atoms with E-state index in [0.29, 0.717) is 59.8 Å². The van der Waals surface area contributed by atoms with Gasteiger partial charge >= 0.3 is 11.8 Å². The maximum Gasteiger partial charge on any atom is 0.312 e. The highest BCUT2D eigenvalue weighted by molar-refractivity contribution is 7.21. The fraction of sp³-hybridized carbons (Fsp3) is 0.476. The summed E-state index contributed by atoms with van der Waals surface area (Å²) >= 11 is 1.26. The van der Waals surface area contributed by atoms with Crippen LogP contribution in [0.4, 0.5) is 4.39 Å². The van der Waals surface area contributed by atoms with Crippen LogP contribution < -0.4 is 0 Å². The van der Waals surface area contributed by atoms with E-state index in [2.05, 4.69) is 0 Å². The average Bonchev–Trinajstić information content (AvgIpc) is 3.42. The van der Waals surface area contributed by atoms with Gasteiger partial charge in [0.2, 0.25) is 0 Å². The van der Waals surface area contributed by atoms with Crippen LogP contribution in [0.2, 0.25) is 0 Å². The van der Waals surface area contributed by atoms with Crippen LogP contribution in [-0.4, -0.2) is 78.8 Å². The average molecular weight is 434 g/mol. The number of carbonyl (C=O) groups is 3. The van der Waals surface area contributed by atoms with Crippen LogP contribution in [0.15, 0.2) is 18.2 Å². The molecule has 160 valence electrons. The Morgan fingerprint density at radius 3 is 2.20 bits per heavy atom. The van der Waals surface area contributed by atoms with Gasteiger partial charge in [0.25, 0.3) is 5.91 Å². The first-order valence-corrected chi connectivity index (χ1v) is 10.9. The highest BCUT2D eigenvalue weighted by Gasteiger charge is 2.33. The number of hydrogen-bond acceptors (Lipinski definition) is 5. The van der Waals surface area contributed by atoms with E-state index in [1.807, 2.05) is 0 Å². The topological polar surface area (TPSA) is 70.2 Å². The Balaban J connectivity index is 1.47. The molecule has 3 heterocycles. The van der Waals surface area contributed by atoms with Gasteiger partial charge in [0.15, 0.2) is 0 Å². The number of nitrogens with zero attached hydrogens (tertiary/aromatic N) is 3. The summed E-state index contributed by atoms with van der Waals surface area (Å²) in [5.74, 6) is -1.51. The maximum atomic E-state index is 14.4. The molecule has 0 unspecified atom stereocenters. The predicted octanol–water partition coefficient (Wildman–Crippen LogP) is 2.09. The van der Waals surface area contributed by atoms with Crippen molar-refractivity contribution in [3.05, 3.63) is 34.5 Å². The molecule has 0 aliphatic carbocycles. The molecular formula is C21H24FN3O4S. The van der Waals surface area contributed by atoms with E-state index in [-0.39, 0.29) is 18.3 Å². The van der Waals surface area contributed by atoms with E-state index in [1.54, 1.807) is 21.9 Å². The number of carbonyl (C=O) groups excluding carboxylic acids is 3. The van der Waals surface area contributed by atoms with E-state index in [0.717, 1.165) is 12.8 Å². The fourth-order valence-electron chi connectivity index (χ4n) is 4.07. The van der Waals surface area contributed by atoms with E-state index in [9.17, 15) is 18.8 Å². The molecule has 2 fully saturated rings. The third-order valence-corrected chi connectivity index (χ3v) is 6.86. The number of thiophene rings is 1. The van der Waals surface area contributed by atoms with Gasteiger partial charge in [0, 0.05) is 62.0 Å². The molecule has 2 saturated heterocycles. The van der Waals surface area contributed by atoms with Gasteiger partial charge in [-0.1, -0.05) is 6.07 Å². The van der Waals surface area contributed by atoms with E-state index in [1.165, 1.54) is 29.4 Å². The molecule has 0 N–H and O–H groups in total. The Hall–Kier alpha value is -2.52. The van der Waals surface area contributed by atoms with Crippen LogP contribution in [0.5, 0.6) is 0 Å². The monoisotopic (exact) mass is 433 g/mol. The largest absolute Gasteiger partial charge is 0.380 e. The number of methoxy groups -OCH3 is 1. The molecule has 4 rings (SSSR count). The Labute approximate surface area is 178 Å². The summed E-state index contributed by atoms with van der Waals surface area (Å²) in [6, 6.07) is 4.80. The number of halogens is 1. The number of piperazine rings is 1. The third kappa shape index (κ3) is 3.79. The van der Waals surface area contributed by atoms with Crippen molar-refractivity contribution in [2.24, 2.45) is 0 Å². The summed E-state index contributed by atoms with van der Waals surface area (Å²) in [5.41, 5.74) is 0.559. The quantitative estimate of drug-likeness (QED) is 0.695. The number of ether oxygens (including phenoxy) is 1. The van der Waals surface area contributed by atoms with Gasteiger partial charge in [-0.15, -0.1) is 11.3 Å². The molecule has 0 atom stereocenters. The van der Waals surface area contributed by atoms with Gasteiger partial charge in [-0.25, -0.2) is 4.39 Å². The molecule has 0 saturated carbocycles. The van der Waals surface area contributed by atoms with Crippen molar-refractivity contribution in [3.63, 3.8) is 0 Å². The first-order valence-electron chi connectivity index (χ1n) is 10.1. The second-order valence-corrected chi connectivity index (χ2v) is 8.59. The molecular weight excluding hydrogens is 409 g/mol. The molecule has 3 amide bonds. The molecule has 7 nitrogen and oxygen atoms in total. The van der Waals surface area contributed by atoms with Crippen molar-refractivity contribution in [1.29, 1.82) is 0 Å². The minimum absolute atomic E-state index is 0.144. The van der Waals surface area contributed by atoms with Crippen LogP contribution in [0.25, 0.3) is 10.1 Å². The Morgan fingerprint density at radius 2 is 1.57 bits per heavy atom. The van der Waals surface area contributed by atoms with Crippen molar-refractivity contribution in [2.75, 3.05) is 46.4 Å². The summed E-state index contributed by atoms with van der Waals surface area (Å²) in [6.07, 6.45) is 1.86. The van der Waals surface area contributed by atoms with Gasteiger partial charge in [0.1, 0.15) is 5.82 Å². The number of rotatable bonds is 3. The number of benzene rings is 1. The summed E-state index contributed by atoms with van der Waals surface area (Å²) in [4.78, 5) is 43.3. The van der Waals surface area contributed by atoms with Crippen LogP contribution in [0.1, 0.15) is 28.1 Å². The van der Waals surface area contributed by atoms with Crippen LogP contribution in [0.3, 0.4) is 0 Å². The summed E-state index contributed by atoms with van der Waals surface area (Å²) < 4.78 is 20.3. The van der Waals surface area contributed by atoms with E-state index in [4.69, 9.17) is 4.74 Å². The number of likely N-dealkylation sites (tertiary alicyclic amines) is 1. The number of hydrogen-bond donors (Lipinski definition) is 0. The minimum Gasteiger partial charge on any atom is -0.380 e. The lowest BCUT2D eigenvalue weighted by atomic mass is 10.1. The normalized spacial score (nSPS) is 17.1. The third-order valence-electron chi connectivity index (χ3n) is 5.68. The van der Waals surface area contributed by atoms with Crippen molar-refractivity contribution >= 4 is 39.1 Å². The summed E-state index contributed by atoms with van der Waals surface area (Å²) in [7, 11) is 1.51. The lowest BCUT2D eigenvalue weighted by Gasteiger charge is -2.35. The fourth-order valence-corrected chi connectivity index (χ4v) is 5.26. The Morgan fingerprint density at radius 1 is 0.967 bits per heavy atom. The molecule has 0 spiro atoms. The zero-order valence-electron chi connectivity index (χ0n) is 16.9. The zero-order chi connectivity index (χ0) is 21.3. The summed E-state index contributed by atoms with van der Waals surface area (Å²) in [6.45, 7) is 2.69. The Bertz CT molecular complexity index is 978. The van der Waals surface area contributed by atoms with Crippen molar-refractivity contribution < 1.29 is 23.5 Å². The first kappa shape index (κ1) is 20.7.